The van der Waals surface area contributed by atoms with Crippen molar-refractivity contribution in [2.24, 2.45) is 0 Å². The predicted octanol–water partition coefficient (Wildman–Crippen LogP) is 1.99. The van der Waals surface area contributed by atoms with E-state index in [1.165, 1.54) is 18.4 Å². The zero-order valence-electron chi connectivity index (χ0n) is 10.3. The number of ether oxygens (including phenoxy) is 1. The molecule has 5 heteroatoms. The van der Waals surface area contributed by atoms with Gasteiger partial charge in [0.25, 0.3) is 5.91 Å². The van der Waals surface area contributed by atoms with Gasteiger partial charge in [0.05, 0.1) is 18.4 Å². The van der Waals surface area contributed by atoms with E-state index in [4.69, 9.17) is 0 Å². The first-order valence-electron chi connectivity index (χ1n) is 5.52. The normalized spacial score (nSPS) is 11.9. The molecule has 1 unspecified atom stereocenters. The molecule has 1 aromatic rings. The number of thiophene rings is 1. The van der Waals surface area contributed by atoms with Crippen LogP contribution in [0.1, 0.15) is 35.5 Å². The number of hydrogen-bond donors (Lipinski definition) is 1. The number of carbonyl (C=O) groups is 2. The molecule has 0 saturated heterocycles. The maximum absolute atomic E-state index is 11.9. The maximum atomic E-state index is 11.9. The van der Waals surface area contributed by atoms with E-state index in [1.54, 1.807) is 6.92 Å². The number of amides is 1. The maximum Gasteiger partial charge on any atom is 0.307 e. The second kappa shape index (κ2) is 6.39. The van der Waals surface area contributed by atoms with E-state index < -0.39 is 0 Å². The average Bonchev–Trinajstić information content (AvgIpc) is 2.76. The van der Waals surface area contributed by atoms with Gasteiger partial charge in [-0.2, -0.15) is 0 Å². The van der Waals surface area contributed by atoms with Crippen LogP contribution in [0, 0.1) is 0 Å². The van der Waals surface area contributed by atoms with Gasteiger partial charge in [0.1, 0.15) is 0 Å². The van der Waals surface area contributed by atoms with Crippen molar-refractivity contribution in [1.29, 1.82) is 0 Å². The Morgan fingerprint density at radius 3 is 2.82 bits per heavy atom. The van der Waals surface area contributed by atoms with E-state index in [1.807, 2.05) is 18.4 Å². The van der Waals surface area contributed by atoms with Gasteiger partial charge in [0.2, 0.25) is 0 Å². The SMILES string of the molecule is CCc1ccsc1C(=O)NC(C)CC(=O)OC. The molecule has 4 nitrogen and oxygen atoms in total. The second-order valence-corrected chi connectivity index (χ2v) is 4.70. The molecule has 0 bridgehead atoms. The van der Waals surface area contributed by atoms with E-state index in [9.17, 15) is 9.59 Å². The number of carbonyl (C=O) groups excluding carboxylic acids is 2. The molecule has 0 fully saturated rings. The fourth-order valence-corrected chi connectivity index (χ4v) is 2.39. The molecule has 0 radical (unpaired) electrons. The van der Waals surface area contributed by atoms with Crippen LogP contribution in [0.3, 0.4) is 0 Å². The van der Waals surface area contributed by atoms with Crippen LogP contribution in [0.4, 0.5) is 0 Å². The summed E-state index contributed by atoms with van der Waals surface area (Å²) in [5.41, 5.74) is 1.04. The van der Waals surface area contributed by atoms with Crippen LogP contribution in [0.2, 0.25) is 0 Å². The average molecular weight is 255 g/mol. The third kappa shape index (κ3) is 3.85. The minimum Gasteiger partial charge on any atom is -0.469 e. The summed E-state index contributed by atoms with van der Waals surface area (Å²) in [4.78, 5) is 23.7. The van der Waals surface area contributed by atoms with E-state index >= 15 is 0 Å². The Bertz CT molecular complexity index is 400. The van der Waals surface area contributed by atoms with Gasteiger partial charge in [-0.15, -0.1) is 11.3 Å². The summed E-state index contributed by atoms with van der Waals surface area (Å²) in [6.45, 7) is 3.80. The first-order valence-corrected chi connectivity index (χ1v) is 6.40. The van der Waals surface area contributed by atoms with Crippen LogP contribution in [0.25, 0.3) is 0 Å². The fourth-order valence-electron chi connectivity index (χ4n) is 1.49. The summed E-state index contributed by atoms with van der Waals surface area (Å²) in [5.74, 6) is -0.437. The standard InChI is InChI=1S/C12H17NO3S/c1-4-9-5-6-17-11(9)12(15)13-8(2)7-10(14)16-3/h5-6,8H,4,7H2,1-3H3,(H,13,15). The van der Waals surface area contributed by atoms with Gasteiger partial charge >= 0.3 is 5.97 Å². The van der Waals surface area contributed by atoms with Crippen molar-refractivity contribution < 1.29 is 14.3 Å². The Labute approximate surface area is 105 Å². The number of rotatable bonds is 5. The van der Waals surface area contributed by atoms with Gasteiger partial charge in [-0.25, -0.2) is 0 Å². The van der Waals surface area contributed by atoms with Gasteiger partial charge in [0.15, 0.2) is 0 Å². The van der Waals surface area contributed by atoms with E-state index in [2.05, 4.69) is 10.1 Å². The highest BCUT2D eigenvalue weighted by molar-refractivity contribution is 7.12. The molecule has 1 rings (SSSR count). The summed E-state index contributed by atoms with van der Waals surface area (Å²) in [6.07, 6.45) is 1.02. The topological polar surface area (TPSA) is 55.4 Å². The van der Waals surface area contributed by atoms with Crippen molar-refractivity contribution in [3.05, 3.63) is 21.9 Å². The lowest BCUT2D eigenvalue weighted by Crippen LogP contribution is -2.34. The zero-order chi connectivity index (χ0) is 12.8. The van der Waals surface area contributed by atoms with Crippen LogP contribution in [-0.2, 0) is 16.0 Å². The molecule has 0 spiro atoms. The smallest absolute Gasteiger partial charge is 0.307 e. The minimum absolute atomic E-state index is 0.117. The molecule has 94 valence electrons. The molecule has 1 amide bonds. The third-order valence-corrected chi connectivity index (χ3v) is 3.37. The summed E-state index contributed by atoms with van der Waals surface area (Å²) < 4.78 is 4.55. The Morgan fingerprint density at radius 1 is 1.53 bits per heavy atom. The fraction of sp³-hybridized carbons (Fsp3) is 0.500. The van der Waals surface area contributed by atoms with Gasteiger partial charge < -0.3 is 10.1 Å². The largest absolute Gasteiger partial charge is 0.469 e. The molecule has 0 aliphatic heterocycles. The van der Waals surface area contributed by atoms with Gasteiger partial charge in [-0.05, 0) is 30.4 Å². The van der Waals surface area contributed by atoms with Crippen molar-refractivity contribution in [3.8, 4) is 0 Å². The Balaban J connectivity index is 2.57. The molecule has 17 heavy (non-hydrogen) atoms. The molecule has 1 aromatic heterocycles. The van der Waals surface area contributed by atoms with Crippen molar-refractivity contribution in [1.82, 2.24) is 5.32 Å². The minimum atomic E-state index is -0.320. The van der Waals surface area contributed by atoms with Crippen molar-refractivity contribution >= 4 is 23.2 Å². The van der Waals surface area contributed by atoms with Gasteiger partial charge in [-0.1, -0.05) is 6.92 Å². The highest BCUT2D eigenvalue weighted by atomic mass is 32.1. The summed E-state index contributed by atoms with van der Waals surface area (Å²) in [7, 11) is 1.34. The number of esters is 1. The van der Waals surface area contributed by atoms with Gasteiger partial charge in [0, 0.05) is 6.04 Å². The van der Waals surface area contributed by atoms with Crippen LogP contribution in [0.15, 0.2) is 11.4 Å². The lowest BCUT2D eigenvalue weighted by Gasteiger charge is -2.12. The molecular weight excluding hydrogens is 238 g/mol. The number of methoxy groups -OCH3 is 1. The first-order chi connectivity index (χ1) is 8.08. The lowest BCUT2D eigenvalue weighted by molar-refractivity contribution is -0.141. The number of nitrogens with one attached hydrogen (secondary N) is 1. The second-order valence-electron chi connectivity index (χ2n) is 3.78. The number of aryl methyl sites for hydroxylation is 1. The molecule has 1 atom stereocenters. The summed E-state index contributed by atoms with van der Waals surface area (Å²) in [5, 5.41) is 4.69. The van der Waals surface area contributed by atoms with E-state index in [0.717, 1.165) is 16.9 Å². The lowest BCUT2D eigenvalue weighted by atomic mass is 10.2. The highest BCUT2D eigenvalue weighted by Gasteiger charge is 2.16. The molecule has 1 N–H and O–H groups in total. The Kier molecular flexibility index (Phi) is 5.15. The van der Waals surface area contributed by atoms with E-state index in [0.29, 0.717) is 0 Å². The molecular formula is C12H17NO3S. The first kappa shape index (κ1) is 13.7. The highest BCUT2D eigenvalue weighted by Crippen LogP contribution is 2.17. The molecule has 0 saturated carbocycles. The van der Waals surface area contributed by atoms with Crippen LogP contribution >= 0.6 is 11.3 Å². The van der Waals surface area contributed by atoms with Crippen LogP contribution in [-0.4, -0.2) is 25.0 Å². The predicted molar refractivity (Wildman–Crippen MR) is 67.3 cm³/mol. The molecule has 0 aromatic carbocycles. The van der Waals surface area contributed by atoms with Gasteiger partial charge in [-0.3, -0.25) is 9.59 Å². The third-order valence-electron chi connectivity index (χ3n) is 2.41. The van der Waals surface area contributed by atoms with Crippen LogP contribution < -0.4 is 5.32 Å². The Morgan fingerprint density at radius 2 is 2.24 bits per heavy atom. The summed E-state index contributed by atoms with van der Waals surface area (Å²) >= 11 is 1.42. The monoisotopic (exact) mass is 255 g/mol. The van der Waals surface area contributed by atoms with Crippen molar-refractivity contribution in [2.45, 2.75) is 32.7 Å². The van der Waals surface area contributed by atoms with Crippen molar-refractivity contribution in [3.63, 3.8) is 0 Å². The zero-order valence-corrected chi connectivity index (χ0v) is 11.1. The Hall–Kier alpha value is -1.36. The summed E-state index contributed by atoms with van der Waals surface area (Å²) in [6, 6.07) is 1.73. The molecule has 0 aliphatic rings. The number of hydrogen-bond acceptors (Lipinski definition) is 4. The molecule has 1 heterocycles. The van der Waals surface area contributed by atoms with E-state index in [-0.39, 0.29) is 24.3 Å². The van der Waals surface area contributed by atoms with Crippen LogP contribution in [0.5, 0.6) is 0 Å². The molecule has 0 aliphatic carbocycles. The quantitative estimate of drug-likeness (QED) is 0.819. The van der Waals surface area contributed by atoms with Crippen molar-refractivity contribution in [2.75, 3.05) is 7.11 Å².